The number of carbonyl (C=O) groups excluding carboxylic acids is 1. The lowest BCUT2D eigenvalue weighted by Crippen LogP contribution is -2.19. The van der Waals surface area contributed by atoms with E-state index in [0.29, 0.717) is 6.61 Å². The van der Waals surface area contributed by atoms with E-state index in [1.54, 1.807) is 12.4 Å². The number of aromatic nitrogens is 1. The maximum atomic E-state index is 11.8. The average molecular weight is 377 g/mol. The Labute approximate surface area is 162 Å². The number of benzene rings is 2. The maximum absolute atomic E-state index is 11.8. The van der Waals surface area contributed by atoms with Crippen molar-refractivity contribution in [2.75, 3.05) is 5.75 Å². The van der Waals surface area contributed by atoms with Crippen LogP contribution in [0.1, 0.15) is 11.1 Å². The molecule has 1 N–H and O–H groups in total. The van der Waals surface area contributed by atoms with Gasteiger partial charge in [-0.2, -0.15) is 5.10 Å². The van der Waals surface area contributed by atoms with Crippen molar-refractivity contribution in [1.29, 1.82) is 0 Å². The Hall–Kier alpha value is -3.12. The first kappa shape index (κ1) is 18.7. The minimum absolute atomic E-state index is 0.182. The van der Waals surface area contributed by atoms with E-state index in [4.69, 9.17) is 4.74 Å². The molecule has 3 aromatic rings. The Morgan fingerprint density at radius 1 is 1.07 bits per heavy atom. The third-order valence-electron chi connectivity index (χ3n) is 3.50. The van der Waals surface area contributed by atoms with Crippen molar-refractivity contribution >= 4 is 23.9 Å². The standard InChI is InChI=1S/C21H19N3O2S/c25-20(16-27-21-11-4-5-12-22-21)24-23-14-18-9-6-10-19(13-18)26-15-17-7-2-1-3-8-17/h1-14H,15-16H2,(H,24,25)/b23-14-. The van der Waals surface area contributed by atoms with Gasteiger partial charge in [-0.3, -0.25) is 4.79 Å². The van der Waals surface area contributed by atoms with Gasteiger partial charge in [0.2, 0.25) is 5.91 Å². The van der Waals surface area contributed by atoms with Crippen LogP contribution < -0.4 is 10.2 Å². The van der Waals surface area contributed by atoms with E-state index in [9.17, 15) is 4.79 Å². The van der Waals surface area contributed by atoms with Gasteiger partial charge in [-0.05, 0) is 35.4 Å². The number of ether oxygens (including phenoxy) is 1. The highest BCUT2D eigenvalue weighted by atomic mass is 32.2. The van der Waals surface area contributed by atoms with Gasteiger partial charge in [0, 0.05) is 6.20 Å². The fraction of sp³-hybridized carbons (Fsp3) is 0.0952. The summed E-state index contributed by atoms with van der Waals surface area (Å²) < 4.78 is 5.79. The van der Waals surface area contributed by atoms with Crippen LogP contribution in [0.25, 0.3) is 0 Å². The Kier molecular flexibility index (Phi) is 7.00. The van der Waals surface area contributed by atoms with Crippen molar-refractivity contribution in [1.82, 2.24) is 10.4 Å². The number of thioether (sulfide) groups is 1. The van der Waals surface area contributed by atoms with Gasteiger partial charge in [-0.15, -0.1) is 0 Å². The second kappa shape index (κ2) is 10.1. The summed E-state index contributed by atoms with van der Waals surface area (Å²) in [6, 6.07) is 23.1. The average Bonchev–Trinajstić information content (AvgIpc) is 2.73. The molecule has 0 unspecified atom stereocenters. The molecule has 0 atom stereocenters. The van der Waals surface area contributed by atoms with Gasteiger partial charge in [-0.1, -0.05) is 60.3 Å². The molecule has 0 aliphatic heterocycles. The summed E-state index contributed by atoms with van der Waals surface area (Å²) in [6.07, 6.45) is 3.30. The molecule has 0 spiro atoms. The van der Waals surface area contributed by atoms with Crippen molar-refractivity contribution in [2.45, 2.75) is 11.6 Å². The smallest absolute Gasteiger partial charge is 0.250 e. The Morgan fingerprint density at radius 3 is 2.74 bits per heavy atom. The Bertz CT molecular complexity index is 886. The molecule has 5 nitrogen and oxygen atoms in total. The molecule has 0 bridgehead atoms. The predicted octanol–water partition coefficient (Wildman–Crippen LogP) is 3.90. The Balaban J connectivity index is 1.46. The summed E-state index contributed by atoms with van der Waals surface area (Å²) in [5, 5.41) is 4.80. The van der Waals surface area contributed by atoms with Crippen molar-refractivity contribution < 1.29 is 9.53 Å². The fourth-order valence-electron chi connectivity index (χ4n) is 2.21. The summed E-state index contributed by atoms with van der Waals surface area (Å²) in [4.78, 5) is 16.0. The van der Waals surface area contributed by atoms with Crippen LogP contribution in [0.4, 0.5) is 0 Å². The minimum atomic E-state index is -0.182. The molecule has 0 saturated heterocycles. The number of hydrogen-bond donors (Lipinski definition) is 1. The van der Waals surface area contributed by atoms with Gasteiger partial charge in [0.05, 0.1) is 17.0 Å². The molecular formula is C21H19N3O2S. The number of rotatable bonds is 8. The lowest BCUT2D eigenvalue weighted by atomic mass is 10.2. The van der Waals surface area contributed by atoms with E-state index in [2.05, 4.69) is 15.5 Å². The van der Waals surface area contributed by atoms with Crippen LogP contribution >= 0.6 is 11.8 Å². The molecule has 1 aromatic heterocycles. The third kappa shape index (κ3) is 6.60. The predicted molar refractivity (Wildman–Crippen MR) is 108 cm³/mol. The summed E-state index contributed by atoms with van der Waals surface area (Å²) in [6.45, 7) is 0.503. The van der Waals surface area contributed by atoms with E-state index in [1.807, 2.05) is 72.8 Å². The van der Waals surface area contributed by atoms with Gasteiger partial charge in [0.15, 0.2) is 0 Å². The first-order valence-electron chi connectivity index (χ1n) is 8.42. The summed E-state index contributed by atoms with van der Waals surface area (Å²) in [5.41, 5.74) is 4.47. The third-order valence-corrected chi connectivity index (χ3v) is 4.44. The van der Waals surface area contributed by atoms with Gasteiger partial charge >= 0.3 is 0 Å². The Morgan fingerprint density at radius 2 is 1.93 bits per heavy atom. The monoisotopic (exact) mass is 377 g/mol. The number of amides is 1. The first-order valence-corrected chi connectivity index (χ1v) is 9.41. The largest absolute Gasteiger partial charge is 0.489 e. The van der Waals surface area contributed by atoms with E-state index >= 15 is 0 Å². The van der Waals surface area contributed by atoms with Crippen molar-refractivity contribution in [3.63, 3.8) is 0 Å². The van der Waals surface area contributed by atoms with Crippen LogP contribution in [0, 0.1) is 0 Å². The normalized spacial score (nSPS) is 10.7. The molecule has 0 fully saturated rings. The molecule has 0 saturated carbocycles. The number of nitrogens with one attached hydrogen (secondary N) is 1. The molecule has 0 aliphatic rings. The fourth-order valence-corrected chi connectivity index (χ4v) is 2.86. The van der Waals surface area contributed by atoms with E-state index in [1.165, 1.54) is 11.8 Å². The number of pyridine rings is 1. The minimum Gasteiger partial charge on any atom is -0.489 e. The molecule has 1 amide bonds. The van der Waals surface area contributed by atoms with Crippen molar-refractivity contribution in [2.24, 2.45) is 5.10 Å². The maximum Gasteiger partial charge on any atom is 0.250 e. The summed E-state index contributed by atoms with van der Waals surface area (Å²) in [5.74, 6) is 0.826. The molecule has 2 aromatic carbocycles. The molecule has 0 radical (unpaired) electrons. The highest BCUT2D eigenvalue weighted by Crippen LogP contribution is 2.15. The molecule has 1 heterocycles. The van der Waals surface area contributed by atoms with Gasteiger partial charge in [0.25, 0.3) is 0 Å². The van der Waals surface area contributed by atoms with Gasteiger partial charge in [-0.25, -0.2) is 10.4 Å². The summed E-state index contributed by atoms with van der Waals surface area (Å²) >= 11 is 1.36. The zero-order valence-electron chi connectivity index (χ0n) is 14.6. The van der Waals surface area contributed by atoms with Crippen LogP contribution in [0.5, 0.6) is 5.75 Å². The molecule has 6 heteroatoms. The van der Waals surface area contributed by atoms with Crippen LogP contribution in [0.2, 0.25) is 0 Å². The number of hydrogen-bond acceptors (Lipinski definition) is 5. The van der Waals surface area contributed by atoms with Crippen molar-refractivity contribution in [3.8, 4) is 5.75 Å². The molecule has 136 valence electrons. The highest BCUT2D eigenvalue weighted by molar-refractivity contribution is 7.99. The van der Waals surface area contributed by atoms with Crippen molar-refractivity contribution in [3.05, 3.63) is 90.1 Å². The van der Waals surface area contributed by atoms with E-state index in [0.717, 1.165) is 21.9 Å². The van der Waals surface area contributed by atoms with E-state index < -0.39 is 0 Å². The van der Waals surface area contributed by atoms with Crippen LogP contribution in [-0.2, 0) is 11.4 Å². The lowest BCUT2D eigenvalue weighted by molar-refractivity contribution is -0.118. The number of hydrazone groups is 1. The molecular weight excluding hydrogens is 358 g/mol. The molecule has 27 heavy (non-hydrogen) atoms. The first-order chi connectivity index (χ1) is 13.3. The number of nitrogens with zero attached hydrogens (tertiary/aromatic N) is 2. The zero-order chi connectivity index (χ0) is 18.7. The molecule has 3 rings (SSSR count). The SMILES string of the molecule is O=C(CSc1ccccn1)N/N=C\c1cccc(OCc2ccccc2)c1. The molecule has 0 aliphatic carbocycles. The van der Waals surface area contributed by atoms with Gasteiger partial charge in [0.1, 0.15) is 12.4 Å². The van der Waals surface area contributed by atoms with E-state index in [-0.39, 0.29) is 11.7 Å². The lowest BCUT2D eigenvalue weighted by Gasteiger charge is -2.06. The van der Waals surface area contributed by atoms with Gasteiger partial charge < -0.3 is 4.74 Å². The quantitative estimate of drug-likeness (QED) is 0.367. The van der Waals surface area contributed by atoms with Crippen LogP contribution in [0.3, 0.4) is 0 Å². The number of carbonyl (C=O) groups is 1. The van der Waals surface area contributed by atoms with Crippen LogP contribution in [0.15, 0.2) is 89.1 Å². The van der Waals surface area contributed by atoms with Crippen LogP contribution in [-0.4, -0.2) is 22.9 Å². The zero-order valence-corrected chi connectivity index (χ0v) is 15.4. The second-order valence-electron chi connectivity index (χ2n) is 5.60. The summed E-state index contributed by atoms with van der Waals surface area (Å²) in [7, 11) is 0. The second-order valence-corrected chi connectivity index (χ2v) is 6.59. The topological polar surface area (TPSA) is 63.6 Å². The highest BCUT2D eigenvalue weighted by Gasteiger charge is 2.02.